The van der Waals surface area contributed by atoms with Gasteiger partial charge in [-0.05, 0) is 31.7 Å². The zero-order valence-corrected chi connectivity index (χ0v) is 14.8. The minimum absolute atomic E-state index is 0.157. The van der Waals surface area contributed by atoms with Gasteiger partial charge in [-0.15, -0.1) is 0 Å². The number of nitrogens with zero attached hydrogens (tertiary/aromatic N) is 1. The summed E-state index contributed by atoms with van der Waals surface area (Å²) in [7, 11) is -0.958. The summed E-state index contributed by atoms with van der Waals surface area (Å²) in [6.07, 6.45) is 5.28. The maximum absolute atomic E-state index is 6.46. The van der Waals surface area contributed by atoms with Crippen molar-refractivity contribution in [2.75, 3.05) is 6.54 Å². The third-order valence-corrected chi connectivity index (χ3v) is 6.95. The second kappa shape index (κ2) is 6.78. The van der Waals surface area contributed by atoms with Crippen LogP contribution in [0, 0.1) is 0 Å². The molecule has 0 N–H and O–H groups in total. The van der Waals surface area contributed by atoms with Crippen LogP contribution in [0.5, 0.6) is 0 Å². The van der Waals surface area contributed by atoms with Gasteiger partial charge in [0, 0.05) is 19.0 Å². The van der Waals surface area contributed by atoms with Crippen molar-refractivity contribution in [3.05, 3.63) is 35.9 Å². The molecule has 4 nitrogen and oxygen atoms in total. The van der Waals surface area contributed by atoms with Gasteiger partial charge in [-0.3, -0.25) is 0 Å². The molecule has 126 valence electrons. The van der Waals surface area contributed by atoms with Crippen molar-refractivity contribution in [1.29, 1.82) is 0 Å². The van der Waals surface area contributed by atoms with Crippen molar-refractivity contribution in [3.63, 3.8) is 0 Å². The maximum Gasteiger partial charge on any atom is 0.260 e. The first kappa shape index (κ1) is 16.0. The van der Waals surface area contributed by atoms with Crippen LogP contribution in [-0.2, 0) is 13.8 Å². The van der Waals surface area contributed by atoms with Gasteiger partial charge in [0.1, 0.15) is 6.10 Å². The Hall–Kier alpha value is -0.510. The minimum Gasteiger partial charge on any atom is -0.372 e. The molecule has 0 spiro atoms. The highest BCUT2D eigenvalue weighted by atomic mass is 31.2. The Balaban J connectivity index is 1.49. The topological polar surface area (TPSA) is 30.9 Å². The van der Waals surface area contributed by atoms with Gasteiger partial charge in [0.2, 0.25) is 0 Å². The lowest BCUT2D eigenvalue weighted by molar-refractivity contribution is 0.0193. The summed E-state index contributed by atoms with van der Waals surface area (Å²) in [6.45, 7) is 5.41. The summed E-state index contributed by atoms with van der Waals surface area (Å²) in [5.74, 6) is 0. The van der Waals surface area contributed by atoms with Crippen molar-refractivity contribution >= 4 is 8.53 Å². The Kier molecular flexibility index (Phi) is 4.71. The standard InChI is InChI=1S/C18H26NO3P/c1-3-16-17(12-13(2)20-16)21-23-19-11-7-10-15(19)18(22-23)14-8-5-4-6-9-14/h4-6,8-9,13,15-18H,3,7,10-12H2,1-2H3/t13-,15-,16+,17?,18+,23-/m0/s1. The first-order valence-electron chi connectivity index (χ1n) is 8.87. The average molecular weight is 335 g/mol. The van der Waals surface area contributed by atoms with Crippen LogP contribution >= 0.6 is 8.53 Å². The van der Waals surface area contributed by atoms with E-state index in [9.17, 15) is 0 Å². The van der Waals surface area contributed by atoms with E-state index in [4.69, 9.17) is 13.8 Å². The van der Waals surface area contributed by atoms with Gasteiger partial charge in [0.15, 0.2) is 0 Å². The van der Waals surface area contributed by atoms with E-state index in [0.717, 1.165) is 19.4 Å². The maximum atomic E-state index is 6.46. The minimum atomic E-state index is -0.958. The fourth-order valence-corrected chi connectivity index (χ4v) is 6.02. The molecule has 0 aromatic heterocycles. The molecule has 6 atom stereocenters. The van der Waals surface area contributed by atoms with E-state index in [1.54, 1.807) is 0 Å². The van der Waals surface area contributed by atoms with Crippen LogP contribution in [0.15, 0.2) is 30.3 Å². The monoisotopic (exact) mass is 335 g/mol. The van der Waals surface area contributed by atoms with Gasteiger partial charge in [0.25, 0.3) is 8.53 Å². The molecule has 0 saturated carbocycles. The molecule has 3 aliphatic rings. The fraction of sp³-hybridized carbons (Fsp3) is 0.667. The molecule has 0 bridgehead atoms. The SMILES string of the molecule is CC[C@H]1O[C@@H](C)CC1O[P@@]1O[C@H](c2ccccc2)[C@@H]2CCCN21. The number of hydrogen-bond donors (Lipinski definition) is 0. The molecule has 3 aliphatic heterocycles. The first-order chi connectivity index (χ1) is 11.3. The second-order valence-corrected chi connectivity index (χ2v) is 8.23. The molecule has 0 aliphatic carbocycles. The average Bonchev–Trinajstić information content (AvgIpc) is 3.25. The van der Waals surface area contributed by atoms with Crippen molar-refractivity contribution in [2.45, 2.75) is 70.0 Å². The van der Waals surface area contributed by atoms with E-state index in [-0.39, 0.29) is 18.3 Å². The summed E-state index contributed by atoms with van der Waals surface area (Å²) in [4.78, 5) is 0. The summed E-state index contributed by atoms with van der Waals surface area (Å²) in [5, 5.41) is 0. The third-order valence-electron chi connectivity index (χ3n) is 5.17. The Labute approximate surface area is 140 Å². The summed E-state index contributed by atoms with van der Waals surface area (Å²) < 4.78 is 21.3. The molecule has 3 fully saturated rings. The van der Waals surface area contributed by atoms with Gasteiger partial charge in [0.05, 0.1) is 18.3 Å². The molecule has 1 aromatic carbocycles. The van der Waals surface area contributed by atoms with Crippen molar-refractivity contribution in [2.24, 2.45) is 0 Å². The van der Waals surface area contributed by atoms with Gasteiger partial charge in [-0.25, -0.2) is 4.67 Å². The van der Waals surface area contributed by atoms with E-state index in [1.807, 2.05) is 0 Å². The quantitative estimate of drug-likeness (QED) is 0.762. The number of rotatable bonds is 4. The normalized spacial score (nSPS) is 40.6. The summed E-state index contributed by atoms with van der Waals surface area (Å²) >= 11 is 0. The molecular weight excluding hydrogens is 309 g/mol. The first-order valence-corrected chi connectivity index (χ1v) is 10.00. The van der Waals surface area contributed by atoms with Crippen molar-refractivity contribution < 1.29 is 13.8 Å². The molecule has 4 rings (SSSR count). The third kappa shape index (κ3) is 3.08. The molecule has 23 heavy (non-hydrogen) atoms. The smallest absolute Gasteiger partial charge is 0.260 e. The summed E-state index contributed by atoms with van der Waals surface area (Å²) in [5.41, 5.74) is 1.28. The Morgan fingerprint density at radius 2 is 2.13 bits per heavy atom. The molecule has 0 radical (unpaired) electrons. The predicted molar refractivity (Wildman–Crippen MR) is 91.0 cm³/mol. The van der Waals surface area contributed by atoms with Crippen LogP contribution in [-0.4, -0.2) is 35.6 Å². The van der Waals surface area contributed by atoms with E-state index in [2.05, 4.69) is 48.8 Å². The fourth-order valence-electron chi connectivity index (χ4n) is 4.03. The zero-order chi connectivity index (χ0) is 15.8. The van der Waals surface area contributed by atoms with Crippen LogP contribution in [0.2, 0.25) is 0 Å². The van der Waals surface area contributed by atoms with E-state index in [1.165, 1.54) is 18.4 Å². The molecule has 0 amide bonds. The van der Waals surface area contributed by atoms with Gasteiger partial charge in [-0.1, -0.05) is 37.3 Å². The molecule has 3 heterocycles. The Bertz CT molecular complexity index is 528. The van der Waals surface area contributed by atoms with Gasteiger partial charge < -0.3 is 13.8 Å². The van der Waals surface area contributed by atoms with Gasteiger partial charge >= 0.3 is 0 Å². The second-order valence-electron chi connectivity index (χ2n) is 6.82. The van der Waals surface area contributed by atoms with E-state index in [0.29, 0.717) is 12.1 Å². The highest BCUT2D eigenvalue weighted by Crippen LogP contribution is 2.61. The highest BCUT2D eigenvalue weighted by Gasteiger charge is 2.49. The van der Waals surface area contributed by atoms with Crippen LogP contribution in [0.4, 0.5) is 0 Å². The lowest BCUT2D eigenvalue weighted by Gasteiger charge is -2.25. The number of ether oxygens (including phenoxy) is 1. The van der Waals surface area contributed by atoms with Crippen molar-refractivity contribution in [1.82, 2.24) is 4.67 Å². The molecule has 3 saturated heterocycles. The number of hydrogen-bond acceptors (Lipinski definition) is 4. The zero-order valence-electron chi connectivity index (χ0n) is 13.9. The summed E-state index contributed by atoms with van der Waals surface area (Å²) in [6, 6.07) is 11.1. The van der Waals surface area contributed by atoms with Crippen molar-refractivity contribution in [3.8, 4) is 0 Å². The van der Waals surface area contributed by atoms with Gasteiger partial charge in [-0.2, -0.15) is 0 Å². The Morgan fingerprint density at radius 3 is 2.91 bits per heavy atom. The Morgan fingerprint density at radius 1 is 1.30 bits per heavy atom. The van der Waals surface area contributed by atoms with Crippen LogP contribution in [0.1, 0.15) is 51.2 Å². The van der Waals surface area contributed by atoms with E-state index < -0.39 is 8.53 Å². The number of benzene rings is 1. The predicted octanol–water partition coefficient (Wildman–Crippen LogP) is 4.42. The van der Waals surface area contributed by atoms with Crippen LogP contribution in [0.25, 0.3) is 0 Å². The molecule has 5 heteroatoms. The molecular formula is C18H26NO3P. The number of fused-ring (bicyclic) bond motifs is 1. The van der Waals surface area contributed by atoms with E-state index >= 15 is 0 Å². The van der Waals surface area contributed by atoms with Crippen LogP contribution < -0.4 is 0 Å². The molecule has 1 aromatic rings. The largest absolute Gasteiger partial charge is 0.372 e. The lowest BCUT2D eigenvalue weighted by Crippen LogP contribution is -2.26. The lowest BCUT2D eigenvalue weighted by atomic mass is 10.0. The molecule has 1 unspecified atom stereocenters. The van der Waals surface area contributed by atoms with Crippen LogP contribution in [0.3, 0.4) is 0 Å². The highest BCUT2D eigenvalue weighted by molar-refractivity contribution is 7.44.